The molecule has 1 fully saturated rings. The van der Waals surface area contributed by atoms with Crippen molar-refractivity contribution in [1.82, 2.24) is 15.0 Å². The van der Waals surface area contributed by atoms with Gasteiger partial charge in [0.15, 0.2) is 0 Å². The van der Waals surface area contributed by atoms with Gasteiger partial charge < -0.3 is 15.5 Å². The summed E-state index contributed by atoms with van der Waals surface area (Å²) in [6.45, 7) is 6.00. The molecule has 20 heavy (non-hydrogen) atoms. The molecule has 0 aromatic carbocycles. The van der Waals surface area contributed by atoms with Crippen molar-refractivity contribution in [3.63, 3.8) is 0 Å². The van der Waals surface area contributed by atoms with E-state index in [1.54, 1.807) is 0 Å². The summed E-state index contributed by atoms with van der Waals surface area (Å²) in [7, 11) is 1.83. The fraction of sp³-hybridized carbons (Fsp3) is 0.769. The molecule has 1 aromatic heterocycles. The van der Waals surface area contributed by atoms with Gasteiger partial charge in [-0.2, -0.15) is 26.7 Å². The van der Waals surface area contributed by atoms with E-state index in [0.717, 1.165) is 24.8 Å². The van der Waals surface area contributed by atoms with Crippen LogP contribution in [0.15, 0.2) is 0 Å². The molecule has 2 heterocycles. The maximum atomic E-state index is 4.56. The zero-order chi connectivity index (χ0) is 14.4. The Bertz CT molecular complexity index is 417. The second kappa shape index (κ2) is 7.52. The van der Waals surface area contributed by atoms with E-state index in [1.807, 2.05) is 18.8 Å². The first-order chi connectivity index (χ1) is 9.76. The van der Waals surface area contributed by atoms with Crippen LogP contribution in [0.3, 0.4) is 0 Å². The number of thioether (sulfide) groups is 1. The lowest BCUT2D eigenvalue weighted by atomic mass is 10.2. The Morgan fingerprint density at radius 2 is 1.95 bits per heavy atom. The van der Waals surface area contributed by atoms with E-state index >= 15 is 0 Å². The van der Waals surface area contributed by atoms with Crippen LogP contribution >= 0.6 is 11.8 Å². The van der Waals surface area contributed by atoms with E-state index in [4.69, 9.17) is 0 Å². The van der Waals surface area contributed by atoms with Crippen LogP contribution in [0.1, 0.15) is 26.7 Å². The standard InChI is InChI=1S/C13H24N6S/c1-4-19(5-2)13-17-11(14-3)16-12(18-13)15-10-7-6-8-20-9-10/h10H,4-9H2,1-3H3,(H2,14,15,16,17,18). The van der Waals surface area contributed by atoms with Gasteiger partial charge in [-0.25, -0.2) is 0 Å². The Labute approximate surface area is 125 Å². The number of anilines is 3. The van der Waals surface area contributed by atoms with E-state index in [1.165, 1.54) is 18.6 Å². The molecule has 0 bridgehead atoms. The summed E-state index contributed by atoms with van der Waals surface area (Å²) in [5.74, 6) is 4.43. The quantitative estimate of drug-likeness (QED) is 0.833. The van der Waals surface area contributed by atoms with Crippen molar-refractivity contribution in [2.24, 2.45) is 0 Å². The third-order valence-electron chi connectivity index (χ3n) is 3.39. The molecule has 1 saturated heterocycles. The van der Waals surface area contributed by atoms with Gasteiger partial charge in [0.05, 0.1) is 0 Å². The highest BCUT2D eigenvalue weighted by molar-refractivity contribution is 7.99. The molecule has 1 unspecified atom stereocenters. The zero-order valence-electron chi connectivity index (χ0n) is 12.5. The molecule has 1 aliphatic rings. The molecular formula is C13H24N6S. The highest BCUT2D eigenvalue weighted by atomic mass is 32.2. The van der Waals surface area contributed by atoms with Crippen LogP contribution in [-0.2, 0) is 0 Å². The number of nitrogens with one attached hydrogen (secondary N) is 2. The normalized spacial score (nSPS) is 18.6. The Balaban J connectivity index is 2.16. The Hall–Kier alpha value is -1.24. The van der Waals surface area contributed by atoms with Crippen LogP contribution in [0.5, 0.6) is 0 Å². The van der Waals surface area contributed by atoms with Crippen molar-refractivity contribution in [2.75, 3.05) is 47.2 Å². The van der Waals surface area contributed by atoms with E-state index in [0.29, 0.717) is 17.9 Å². The van der Waals surface area contributed by atoms with Crippen molar-refractivity contribution < 1.29 is 0 Å². The first-order valence-electron chi connectivity index (χ1n) is 7.29. The molecule has 2 N–H and O–H groups in total. The van der Waals surface area contributed by atoms with Gasteiger partial charge >= 0.3 is 0 Å². The summed E-state index contributed by atoms with van der Waals surface area (Å²) >= 11 is 1.99. The maximum Gasteiger partial charge on any atom is 0.231 e. The number of hydrogen-bond donors (Lipinski definition) is 2. The molecule has 1 atom stereocenters. The molecule has 6 nitrogen and oxygen atoms in total. The lowest BCUT2D eigenvalue weighted by molar-refractivity contribution is 0.677. The molecule has 0 amide bonds. The predicted octanol–water partition coefficient (Wildman–Crippen LogP) is 2.07. The largest absolute Gasteiger partial charge is 0.357 e. The van der Waals surface area contributed by atoms with Crippen LogP contribution in [0.25, 0.3) is 0 Å². The molecular weight excluding hydrogens is 272 g/mol. The second-order valence-electron chi connectivity index (χ2n) is 4.76. The monoisotopic (exact) mass is 296 g/mol. The van der Waals surface area contributed by atoms with Gasteiger partial charge in [0.2, 0.25) is 17.8 Å². The average molecular weight is 296 g/mol. The van der Waals surface area contributed by atoms with Gasteiger partial charge in [-0.1, -0.05) is 0 Å². The van der Waals surface area contributed by atoms with Crippen molar-refractivity contribution in [3.05, 3.63) is 0 Å². The second-order valence-corrected chi connectivity index (χ2v) is 5.91. The molecule has 0 spiro atoms. The van der Waals surface area contributed by atoms with Gasteiger partial charge in [-0.3, -0.25) is 0 Å². The minimum Gasteiger partial charge on any atom is -0.357 e. The first kappa shape index (κ1) is 15.2. The van der Waals surface area contributed by atoms with Gasteiger partial charge in [0.25, 0.3) is 0 Å². The van der Waals surface area contributed by atoms with Crippen LogP contribution < -0.4 is 15.5 Å². The Morgan fingerprint density at radius 1 is 1.20 bits per heavy atom. The molecule has 2 rings (SSSR count). The maximum absolute atomic E-state index is 4.56. The summed E-state index contributed by atoms with van der Waals surface area (Å²) in [4.78, 5) is 15.5. The molecule has 0 saturated carbocycles. The fourth-order valence-electron chi connectivity index (χ4n) is 2.23. The summed E-state index contributed by atoms with van der Waals surface area (Å²) in [5, 5.41) is 6.46. The number of nitrogens with zero attached hydrogens (tertiary/aromatic N) is 4. The van der Waals surface area contributed by atoms with Crippen LogP contribution in [0.4, 0.5) is 17.8 Å². The smallest absolute Gasteiger partial charge is 0.231 e. The SMILES string of the molecule is CCN(CC)c1nc(NC)nc(NC2CCCSC2)n1. The van der Waals surface area contributed by atoms with Crippen molar-refractivity contribution in [3.8, 4) is 0 Å². The number of aromatic nitrogens is 3. The van der Waals surface area contributed by atoms with Crippen molar-refractivity contribution in [2.45, 2.75) is 32.7 Å². The van der Waals surface area contributed by atoms with E-state index in [9.17, 15) is 0 Å². The van der Waals surface area contributed by atoms with Gasteiger partial charge in [0, 0.05) is 31.9 Å². The summed E-state index contributed by atoms with van der Waals surface area (Å²) < 4.78 is 0. The Kier molecular flexibility index (Phi) is 5.70. The van der Waals surface area contributed by atoms with Crippen molar-refractivity contribution >= 4 is 29.6 Å². The van der Waals surface area contributed by atoms with Crippen LogP contribution in [0, 0.1) is 0 Å². The lowest BCUT2D eigenvalue weighted by Gasteiger charge is -2.24. The zero-order valence-corrected chi connectivity index (χ0v) is 13.3. The molecule has 7 heteroatoms. The van der Waals surface area contributed by atoms with Gasteiger partial charge in [0.1, 0.15) is 0 Å². The van der Waals surface area contributed by atoms with Crippen LogP contribution in [0.2, 0.25) is 0 Å². The topological polar surface area (TPSA) is 66.0 Å². The molecule has 0 radical (unpaired) electrons. The number of rotatable bonds is 6. The third-order valence-corrected chi connectivity index (χ3v) is 4.60. The van der Waals surface area contributed by atoms with E-state index in [2.05, 4.69) is 44.3 Å². The average Bonchev–Trinajstić information content (AvgIpc) is 2.49. The van der Waals surface area contributed by atoms with E-state index in [-0.39, 0.29) is 0 Å². The van der Waals surface area contributed by atoms with E-state index < -0.39 is 0 Å². The molecule has 112 valence electrons. The minimum atomic E-state index is 0.463. The predicted molar refractivity (Wildman–Crippen MR) is 86.9 cm³/mol. The fourth-order valence-corrected chi connectivity index (χ4v) is 3.30. The third kappa shape index (κ3) is 3.88. The molecule has 1 aliphatic heterocycles. The lowest BCUT2D eigenvalue weighted by Crippen LogP contribution is -2.29. The van der Waals surface area contributed by atoms with Crippen molar-refractivity contribution in [1.29, 1.82) is 0 Å². The first-order valence-corrected chi connectivity index (χ1v) is 8.45. The molecule has 1 aromatic rings. The summed E-state index contributed by atoms with van der Waals surface area (Å²) in [5.41, 5.74) is 0. The number of hydrogen-bond acceptors (Lipinski definition) is 7. The van der Waals surface area contributed by atoms with Gasteiger partial charge in [-0.15, -0.1) is 0 Å². The summed E-state index contributed by atoms with van der Waals surface area (Å²) in [6.07, 6.45) is 2.45. The summed E-state index contributed by atoms with van der Waals surface area (Å²) in [6, 6.07) is 0.463. The van der Waals surface area contributed by atoms with Gasteiger partial charge in [-0.05, 0) is 32.4 Å². The highest BCUT2D eigenvalue weighted by Gasteiger charge is 2.16. The molecule has 0 aliphatic carbocycles. The van der Waals surface area contributed by atoms with Crippen LogP contribution in [-0.4, -0.2) is 52.6 Å². The minimum absolute atomic E-state index is 0.463. The highest BCUT2D eigenvalue weighted by Crippen LogP contribution is 2.21. The Morgan fingerprint density at radius 3 is 2.55 bits per heavy atom.